The van der Waals surface area contributed by atoms with E-state index in [0.29, 0.717) is 31.9 Å². The minimum atomic E-state index is -0.862. The maximum atomic E-state index is 14.4. The first kappa shape index (κ1) is 27.3. The molecule has 2 aromatic heterocycles. The van der Waals surface area contributed by atoms with Crippen LogP contribution >= 0.6 is 11.3 Å². The highest BCUT2D eigenvalue weighted by Crippen LogP contribution is 2.53. The van der Waals surface area contributed by atoms with Gasteiger partial charge in [0.05, 0.1) is 12.0 Å². The predicted molar refractivity (Wildman–Crippen MR) is 149 cm³/mol. The summed E-state index contributed by atoms with van der Waals surface area (Å²) in [5.41, 5.74) is 2.87. The van der Waals surface area contributed by atoms with E-state index in [1.165, 1.54) is 18.4 Å². The monoisotopic (exact) mass is 549 g/mol. The molecule has 4 unspecified atom stereocenters. The zero-order chi connectivity index (χ0) is 27.7. The average Bonchev–Trinajstić information content (AvgIpc) is 3.65. The Kier molecular flexibility index (Phi) is 8.02. The number of ketones is 1. The van der Waals surface area contributed by atoms with E-state index in [9.17, 15) is 14.4 Å². The van der Waals surface area contributed by atoms with Gasteiger partial charge in [0.1, 0.15) is 18.4 Å². The molecule has 2 amide bonds. The van der Waals surface area contributed by atoms with Crippen molar-refractivity contribution in [1.29, 1.82) is 0 Å². The summed E-state index contributed by atoms with van der Waals surface area (Å²) >= 11 is 1.53. The van der Waals surface area contributed by atoms with Crippen molar-refractivity contribution in [3.8, 4) is 0 Å². The quantitative estimate of drug-likeness (QED) is 0.450. The number of ether oxygens (including phenoxy) is 1. The minimum absolute atomic E-state index is 0.137. The Morgan fingerprint density at radius 3 is 2.33 bits per heavy atom. The largest absolute Gasteiger partial charge is 0.458 e. The number of nitrogens with one attached hydrogen (secondary N) is 1. The van der Waals surface area contributed by atoms with E-state index < -0.39 is 23.9 Å². The van der Waals surface area contributed by atoms with Gasteiger partial charge in [0.15, 0.2) is 5.76 Å². The molecule has 0 radical (unpaired) electrons. The van der Waals surface area contributed by atoms with Crippen molar-refractivity contribution in [2.45, 2.75) is 38.8 Å². The summed E-state index contributed by atoms with van der Waals surface area (Å²) in [4.78, 5) is 47.1. The van der Waals surface area contributed by atoms with E-state index in [4.69, 9.17) is 9.15 Å². The Morgan fingerprint density at radius 1 is 1.03 bits per heavy atom. The van der Waals surface area contributed by atoms with Crippen molar-refractivity contribution in [2.75, 3.05) is 39.9 Å². The second-order valence-electron chi connectivity index (χ2n) is 10.4. The molecular weight excluding hydrogens is 514 g/mol. The van der Waals surface area contributed by atoms with Gasteiger partial charge in [-0.05, 0) is 55.5 Å². The molecule has 0 aliphatic carbocycles. The summed E-state index contributed by atoms with van der Waals surface area (Å²) in [5.74, 6) is -1.07. The molecule has 9 heteroatoms. The number of furan rings is 1. The van der Waals surface area contributed by atoms with Gasteiger partial charge in [-0.2, -0.15) is 0 Å². The van der Waals surface area contributed by atoms with Crippen molar-refractivity contribution in [3.63, 3.8) is 0 Å². The van der Waals surface area contributed by atoms with Crippen molar-refractivity contribution in [2.24, 2.45) is 5.92 Å². The standard InChI is InChI=1S/C30H35N3O5S/c1-18-5-8-21(9-6-18)26-24(28(35)22-10-7-20(3)38-22)25(29-19(2)11-16-39-29)27(33(26)23(34)17-37-4)30(36)32-14-12-31-13-15-32/h5-11,16,24-27,31H,12-15,17H2,1-4H3. The molecule has 0 bridgehead atoms. The summed E-state index contributed by atoms with van der Waals surface area (Å²) in [6.07, 6.45) is 0. The molecule has 39 heavy (non-hydrogen) atoms. The smallest absolute Gasteiger partial charge is 0.249 e. The van der Waals surface area contributed by atoms with Crippen LogP contribution in [0, 0.1) is 26.7 Å². The summed E-state index contributed by atoms with van der Waals surface area (Å²) in [6.45, 7) is 8.06. The molecule has 2 aliphatic heterocycles. The number of thiophene rings is 1. The number of hydrogen-bond acceptors (Lipinski definition) is 7. The first-order valence-electron chi connectivity index (χ1n) is 13.3. The van der Waals surface area contributed by atoms with Crippen LogP contribution in [0.2, 0.25) is 0 Å². The molecule has 2 aliphatic rings. The molecule has 8 nitrogen and oxygen atoms in total. The Balaban J connectivity index is 1.74. The lowest BCUT2D eigenvalue weighted by Crippen LogP contribution is -2.55. The number of carbonyl (C=O) groups is 3. The van der Waals surface area contributed by atoms with Crippen LogP contribution in [0.5, 0.6) is 0 Å². The highest BCUT2D eigenvalue weighted by atomic mass is 32.1. The van der Waals surface area contributed by atoms with E-state index in [0.717, 1.165) is 21.6 Å². The number of amides is 2. The first-order valence-corrected chi connectivity index (χ1v) is 14.2. The van der Waals surface area contributed by atoms with Crippen molar-refractivity contribution in [3.05, 3.63) is 80.9 Å². The van der Waals surface area contributed by atoms with Gasteiger partial charge in [0.2, 0.25) is 17.6 Å². The fraction of sp³-hybridized carbons (Fsp3) is 0.433. The Labute approximate surface area is 232 Å². The molecule has 206 valence electrons. The lowest BCUT2D eigenvalue weighted by molar-refractivity contribution is -0.148. The van der Waals surface area contributed by atoms with Crippen LogP contribution in [0.25, 0.3) is 0 Å². The molecule has 2 fully saturated rings. The van der Waals surface area contributed by atoms with Gasteiger partial charge in [-0.1, -0.05) is 29.8 Å². The number of methoxy groups -OCH3 is 1. The third kappa shape index (κ3) is 5.18. The highest BCUT2D eigenvalue weighted by molar-refractivity contribution is 7.10. The van der Waals surface area contributed by atoms with Crippen LogP contribution in [0.15, 0.2) is 52.3 Å². The Morgan fingerprint density at radius 2 is 1.74 bits per heavy atom. The summed E-state index contributed by atoms with van der Waals surface area (Å²) < 4.78 is 11.1. The van der Waals surface area contributed by atoms with Gasteiger partial charge in [0.25, 0.3) is 0 Å². The second-order valence-corrected chi connectivity index (χ2v) is 11.4. The van der Waals surface area contributed by atoms with Crippen LogP contribution in [0.3, 0.4) is 0 Å². The highest BCUT2D eigenvalue weighted by Gasteiger charge is 2.59. The molecule has 2 saturated heterocycles. The zero-order valence-electron chi connectivity index (χ0n) is 22.8. The molecule has 5 rings (SSSR count). The van der Waals surface area contributed by atoms with Crippen molar-refractivity contribution in [1.82, 2.24) is 15.1 Å². The average molecular weight is 550 g/mol. The van der Waals surface area contributed by atoms with Gasteiger partial charge in [-0.25, -0.2) is 0 Å². The van der Waals surface area contributed by atoms with E-state index >= 15 is 0 Å². The number of carbonyl (C=O) groups excluding carboxylic acids is 3. The van der Waals surface area contributed by atoms with Gasteiger partial charge < -0.3 is 24.3 Å². The summed E-state index contributed by atoms with van der Waals surface area (Å²) in [5, 5.41) is 5.28. The molecule has 1 N–H and O–H groups in total. The number of likely N-dealkylation sites (tertiary alicyclic amines) is 1. The van der Waals surface area contributed by atoms with Crippen LogP contribution in [0.1, 0.15) is 49.8 Å². The fourth-order valence-corrected chi connectivity index (χ4v) is 7.07. The predicted octanol–water partition coefficient (Wildman–Crippen LogP) is 3.88. The van der Waals surface area contributed by atoms with Crippen molar-refractivity contribution >= 4 is 28.9 Å². The molecule has 0 saturated carbocycles. The van der Waals surface area contributed by atoms with Crippen LogP contribution in [0.4, 0.5) is 0 Å². The molecule has 1 aromatic carbocycles. The molecule has 0 spiro atoms. The number of aryl methyl sites for hydroxylation is 3. The van der Waals surface area contributed by atoms with Gasteiger partial charge in [-0.3, -0.25) is 14.4 Å². The minimum Gasteiger partial charge on any atom is -0.458 e. The van der Waals surface area contributed by atoms with Crippen LogP contribution < -0.4 is 5.32 Å². The van der Waals surface area contributed by atoms with E-state index in [-0.39, 0.29) is 30.0 Å². The Hall–Kier alpha value is -3.27. The molecular formula is C30H35N3O5S. The SMILES string of the molecule is COCC(=O)N1C(C(=O)N2CCNCC2)C(c2sccc2C)C(C(=O)c2ccc(C)o2)C1c1ccc(C)cc1. The number of hydrogen-bond donors (Lipinski definition) is 1. The zero-order valence-corrected chi connectivity index (χ0v) is 23.6. The van der Waals surface area contributed by atoms with E-state index in [1.54, 1.807) is 24.0 Å². The molecule has 4 heterocycles. The molecule has 4 atom stereocenters. The van der Waals surface area contributed by atoms with Gasteiger partial charge >= 0.3 is 0 Å². The summed E-state index contributed by atoms with van der Waals surface area (Å²) in [6, 6.07) is 11.8. The normalized spacial score (nSPS) is 23.3. The number of Topliss-reactive ketones (excluding diaryl/α,β-unsaturated/α-hetero) is 1. The fourth-order valence-electron chi connectivity index (χ4n) is 5.97. The van der Waals surface area contributed by atoms with E-state index in [2.05, 4.69) is 5.32 Å². The maximum Gasteiger partial charge on any atom is 0.249 e. The lowest BCUT2D eigenvalue weighted by Gasteiger charge is -2.36. The number of piperazine rings is 1. The topological polar surface area (TPSA) is 92.1 Å². The number of rotatable bonds is 7. The third-order valence-electron chi connectivity index (χ3n) is 7.81. The second kappa shape index (κ2) is 11.5. The first-order chi connectivity index (χ1) is 18.8. The number of nitrogens with zero attached hydrogens (tertiary/aromatic N) is 2. The lowest BCUT2D eigenvalue weighted by atomic mass is 9.78. The van der Waals surface area contributed by atoms with Gasteiger partial charge in [0, 0.05) is 44.1 Å². The third-order valence-corrected chi connectivity index (χ3v) is 8.93. The van der Waals surface area contributed by atoms with Crippen molar-refractivity contribution < 1.29 is 23.5 Å². The summed E-state index contributed by atoms with van der Waals surface area (Å²) in [7, 11) is 1.47. The molecule has 3 aromatic rings. The maximum absolute atomic E-state index is 14.4. The Bertz CT molecular complexity index is 1340. The van der Waals surface area contributed by atoms with Crippen LogP contribution in [-0.2, 0) is 14.3 Å². The number of benzene rings is 1. The van der Waals surface area contributed by atoms with Crippen LogP contribution in [-0.4, -0.2) is 73.3 Å². The van der Waals surface area contributed by atoms with Gasteiger partial charge in [-0.15, -0.1) is 11.3 Å². The van der Waals surface area contributed by atoms with E-state index in [1.807, 2.05) is 54.5 Å².